The van der Waals surface area contributed by atoms with Crippen LogP contribution in [0.15, 0.2) is 28.9 Å². The number of carbonyl (C=O) groups is 2. The first-order valence-corrected chi connectivity index (χ1v) is 8.56. The predicted molar refractivity (Wildman–Crippen MR) is 88.4 cm³/mol. The van der Waals surface area contributed by atoms with Crippen molar-refractivity contribution in [3.63, 3.8) is 0 Å². The Balaban J connectivity index is 1.47. The molecule has 7 heteroatoms. The van der Waals surface area contributed by atoms with E-state index in [1.807, 2.05) is 26.0 Å². The molecule has 1 saturated heterocycles. The van der Waals surface area contributed by atoms with Crippen molar-refractivity contribution >= 4 is 11.7 Å². The Morgan fingerprint density at radius 2 is 2.04 bits per heavy atom. The van der Waals surface area contributed by atoms with Crippen molar-refractivity contribution in [3.8, 4) is 11.5 Å². The second-order valence-electron chi connectivity index (χ2n) is 7.23. The van der Waals surface area contributed by atoms with E-state index in [1.165, 1.54) is 0 Å². The first-order chi connectivity index (χ1) is 12.0. The van der Waals surface area contributed by atoms with Crippen molar-refractivity contribution in [3.05, 3.63) is 30.4 Å². The summed E-state index contributed by atoms with van der Waals surface area (Å²) in [5.74, 6) is 0.961. The third-order valence-corrected chi connectivity index (χ3v) is 5.23. The molecular weight excluding hydrogens is 320 g/mol. The molecular formula is C18H20N4O3. The van der Waals surface area contributed by atoms with Gasteiger partial charge in [0.2, 0.25) is 17.7 Å². The lowest BCUT2D eigenvalue weighted by molar-refractivity contribution is -0.149. The standard InChI is InChI=1S/C18H20N4O3/c1-3-13(23)18(6-7-18)16(24)22-10-17(2,11-22)15-21-20-14(25-15)12-5-4-8-19-9-12/h4-5,8-9H,3,6-7,10-11H2,1-2H3. The fraction of sp³-hybridized carbons (Fsp3) is 0.500. The van der Waals surface area contributed by atoms with Crippen molar-refractivity contribution in [2.45, 2.75) is 38.5 Å². The molecule has 3 heterocycles. The van der Waals surface area contributed by atoms with E-state index >= 15 is 0 Å². The second kappa shape index (κ2) is 5.47. The highest BCUT2D eigenvalue weighted by atomic mass is 16.4. The number of amides is 1. The highest BCUT2D eigenvalue weighted by Crippen LogP contribution is 2.50. The lowest BCUT2D eigenvalue weighted by Gasteiger charge is -2.46. The lowest BCUT2D eigenvalue weighted by Crippen LogP contribution is -2.62. The molecule has 0 bridgehead atoms. The molecule has 4 rings (SSSR count). The minimum Gasteiger partial charge on any atom is -0.420 e. The molecule has 0 unspecified atom stereocenters. The van der Waals surface area contributed by atoms with Crippen LogP contribution in [0.2, 0.25) is 0 Å². The molecule has 25 heavy (non-hydrogen) atoms. The van der Waals surface area contributed by atoms with E-state index in [1.54, 1.807) is 17.3 Å². The van der Waals surface area contributed by atoms with Crippen LogP contribution >= 0.6 is 0 Å². The second-order valence-corrected chi connectivity index (χ2v) is 7.23. The molecule has 1 amide bonds. The van der Waals surface area contributed by atoms with E-state index in [0.29, 0.717) is 44.1 Å². The Labute approximate surface area is 145 Å². The normalized spacial score (nSPS) is 20.0. The zero-order valence-electron chi connectivity index (χ0n) is 14.4. The summed E-state index contributed by atoms with van der Waals surface area (Å²) in [6.07, 6.45) is 5.12. The smallest absolute Gasteiger partial charge is 0.249 e. The van der Waals surface area contributed by atoms with Gasteiger partial charge in [-0.15, -0.1) is 10.2 Å². The summed E-state index contributed by atoms with van der Waals surface area (Å²) in [6.45, 7) is 4.81. The molecule has 2 aromatic heterocycles. The van der Waals surface area contributed by atoms with Crippen LogP contribution in [0, 0.1) is 5.41 Å². The molecule has 0 aromatic carbocycles. The summed E-state index contributed by atoms with van der Waals surface area (Å²) in [7, 11) is 0. The average Bonchev–Trinajstić information content (AvgIpc) is 3.28. The molecule has 0 radical (unpaired) electrons. The zero-order valence-corrected chi connectivity index (χ0v) is 14.4. The summed E-state index contributed by atoms with van der Waals surface area (Å²) < 4.78 is 5.81. The van der Waals surface area contributed by atoms with E-state index in [4.69, 9.17) is 4.42 Å². The van der Waals surface area contributed by atoms with Crippen LogP contribution < -0.4 is 0 Å². The number of nitrogens with zero attached hydrogens (tertiary/aromatic N) is 4. The summed E-state index contributed by atoms with van der Waals surface area (Å²) in [4.78, 5) is 30.6. The molecule has 1 aliphatic heterocycles. The topological polar surface area (TPSA) is 89.2 Å². The summed E-state index contributed by atoms with van der Waals surface area (Å²) in [5, 5.41) is 8.25. The van der Waals surface area contributed by atoms with Crippen LogP contribution in [-0.2, 0) is 15.0 Å². The molecule has 2 aliphatic rings. The van der Waals surface area contributed by atoms with E-state index in [9.17, 15) is 9.59 Å². The van der Waals surface area contributed by atoms with Gasteiger partial charge in [0.15, 0.2) is 0 Å². The number of rotatable bonds is 5. The molecule has 0 spiro atoms. The Morgan fingerprint density at radius 1 is 1.28 bits per heavy atom. The van der Waals surface area contributed by atoms with Crippen LogP contribution in [0.4, 0.5) is 0 Å². The Bertz CT molecular complexity index is 820. The number of hydrogen-bond acceptors (Lipinski definition) is 6. The van der Waals surface area contributed by atoms with Gasteiger partial charge in [0, 0.05) is 31.9 Å². The molecule has 2 aromatic rings. The van der Waals surface area contributed by atoms with E-state index in [0.717, 1.165) is 5.56 Å². The first-order valence-electron chi connectivity index (χ1n) is 8.56. The van der Waals surface area contributed by atoms with Gasteiger partial charge in [0.25, 0.3) is 0 Å². The maximum absolute atomic E-state index is 12.7. The molecule has 1 saturated carbocycles. The minimum atomic E-state index is -0.744. The van der Waals surface area contributed by atoms with Crippen molar-refractivity contribution in [2.75, 3.05) is 13.1 Å². The van der Waals surface area contributed by atoms with Crippen molar-refractivity contribution in [2.24, 2.45) is 5.41 Å². The predicted octanol–water partition coefficient (Wildman–Crippen LogP) is 1.99. The average molecular weight is 340 g/mol. The van der Waals surface area contributed by atoms with Gasteiger partial charge in [-0.3, -0.25) is 14.6 Å². The number of Topliss-reactive ketones (excluding diaryl/α,β-unsaturated/α-hetero) is 1. The highest BCUT2D eigenvalue weighted by molar-refractivity contribution is 6.09. The molecule has 7 nitrogen and oxygen atoms in total. The fourth-order valence-corrected chi connectivity index (χ4v) is 3.53. The van der Waals surface area contributed by atoms with Crippen LogP contribution in [-0.4, -0.2) is 44.9 Å². The Morgan fingerprint density at radius 3 is 2.64 bits per heavy atom. The van der Waals surface area contributed by atoms with Gasteiger partial charge in [-0.2, -0.15) is 0 Å². The fourth-order valence-electron chi connectivity index (χ4n) is 3.53. The Hall–Kier alpha value is -2.57. The van der Waals surface area contributed by atoms with E-state index in [-0.39, 0.29) is 17.1 Å². The monoisotopic (exact) mass is 340 g/mol. The van der Waals surface area contributed by atoms with Gasteiger partial charge in [0.05, 0.1) is 11.0 Å². The molecule has 1 aliphatic carbocycles. The molecule has 130 valence electrons. The van der Waals surface area contributed by atoms with Gasteiger partial charge in [-0.05, 0) is 31.9 Å². The number of likely N-dealkylation sites (tertiary alicyclic amines) is 1. The molecule has 2 fully saturated rings. The largest absolute Gasteiger partial charge is 0.420 e. The number of aromatic nitrogens is 3. The summed E-state index contributed by atoms with van der Waals surface area (Å²) >= 11 is 0. The quantitative estimate of drug-likeness (QED) is 0.773. The number of ketones is 1. The first kappa shape index (κ1) is 15.9. The minimum absolute atomic E-state index is 0.0381. The Kier molecular flexibility index (Phi) is 3.49. The summed E-state index contributed by atoms with van der Waals surface area (Å²) in [6, 6.07) is 3.67. The van der Waals surface area contributed by atoms with Gasteiger partial charge < -0.3 is 9.32 Å². The maximum atomic E-state index is 12.7. The van der Waals surface area contributed by atoms with Crippen LogP contribution in [0.1, 0.15) is 39.0 Å². The third-order valence-electron chi connectivity index (χ3n) is 5.23. The van der Waals surface area contributed by atoms with E-state index < -0.39 is 5.41 Å². The van der Waals surface area contributed by atoms with Crippen LogP contribution in [0.25, 0.3) is 11.5 Å². The third kappa shape index (κ3) is 2.45. The lowest BCUT2D eigenvalue weighted by atomic mass is 9.80. The number of pyridine rings is 1. The van der Waals surface area contributed by atoms with Crippen molar-refractivity contribution in [1.82, 2.24) is 20.1 Å². The van der Waals surface area contributed by atoms with E-state index in [2.05, 4.69) is 15.2 Å². The maximum Gasteiger partial charge on any atom is 0.249 e. The molecule has 0 atom stereocenters. The SMILES string of the molecule is CCC(=O)C1(C(=O)N2CC(C)(c3nnc(-c4cccnc4)o3)C2)CC1. The number of hydrogen-bond donors (Lipinski definition) is 0. The van der Waals surface area contributed by atoms with Gasteiger partial charge >= 0.3 is 0 Å². The van der Waals surface area contributed by atoms with Gasteiger partial charge in [0.1, 0.15) is 11.2 Å². The molecule has 0 N–H and O–H groups in total. The van der Waals surface area contributed by atoms with Gasteiger partial charge in [-0.25, -0.2) is 0 Å². The summed E-state index contributed by atoms with van der Waals surface area (Å²) in [5.41, 5.74) is -0.345. The van der Waals surface area contributed by atoms with Gasteiger partial charge in [-0.1, -0.05) is 6.92 Å². The van der Waals surface area contributed by atoms with Crippen LogP contribution in [0.3, 0.4) is 0 Å². The zero-order chi connectivity index (χ0) is 17.7. The highest BCUT2D eigenvalue weighted by Gasteiger charge is 2.60. The van der Waals surface area contributed by atoms with Crippen LogP contribution in [0.5, 0.6) is 0 Å². The van der Waals surface area contributed by atoms with Crippen molar-refractivity contribution < 1.29 is 14.0 Å². The van der Waals surface area contributed by atoms with Crippen molar-refractivity contribution in [1.29, 1.82) is 0 Å². The number of carbonyl (C=O) groups excluding carboxylic acids is 2.